The molecule has 0 aliphatic rings. The molecule has 1 unspecified atom stereocenters. The zero-order valence-electron chi connectivity index (χ0n) is 10.0. The standard InChI is InChI=1S/C16H14N2/c1-2-15(13-8-4-3-5-9-13)18-12-17-14-10-6-7-11-16(14)18/h2-12,15H,1H2. The number of nitrogens with zero attached hydrogens (tertiary/aromatic N) is 2. The molecule has 0 amide bonds. The molecule has 3 rings (SSSR count). The van der Waals surface area contributed by atoms with Crippen molar-refractivity contribution in [1.82, 2.24) is 9.55 Å². The van der Waals surface area contributed by atoms with Crippen LogP contribution in [0.4, 0.5) is 0 Å². The summed E-state index contributed by atoms with van der Waals surface area (Å²) in [4.78, 5) is 4.43. The van der Waals surface area contributed by atoms with Crippen molar-refractivity contribution in [2.45, 2.75) is 6.04 Å². The van der Waals surface area contributed by atoms with Gasteiger partial charge in [-0.1, -0.05) is 48.5 Å². The highest BCUT2D eigenvalue weighted by Crippen LogP contribution is 2.24. The van der Waals surface area contributed by atoms with Crippen molar-refractivity contribution in [2.75, 3.05) is 0 Å². The second kappa shape index (κ2) is 4.49. The van der Waals surface area contributed by atoms with Crippen LogP contribution in [0.3, 0.4) is 0 Å². The number of para-hydroxylation sites is 2. The molecule has 0 saturated heterocycles. The largest absolute Gasteiger partial charge is 0.319 e. The van der Waals surface area contributed by atoms with Crippen LogP contribution in [0, 0.1) is 0 Å². The summed E-state index contributed by atoms with van der Waals surface area (Å²) in [5.41, 5.74) is 3.36. The van der Waals surface area contributed by atoms with Crippen molar-refractivity contribution in [2.24, 2.45) is 0 Å². The van der Waals surface area contributed by atoms with E-state index in [4.69, 9.17) is 0 Å². The minimum atomic E-state index is 0.124. The summed E-state index contributed by atoms with van der Waals surface area (Å²) in [6.07, 6.45) is 3.83. The first kappa shape index (κ1) is 10.8. The fourth-order valence-corrected chi connectivity index (χ4v) is 2.26. The van der Waals surface area contributed by atoms with Gasteiger partial charge in [0.05, 0.1) is 23.4 Å². The first-order valence-corrected chi connectivity index (χ1v) is 5.99. The summed E-state index contributed by atoms with van der Waals surface area (Å²) < 4.78 is 2.15. The maximum absolute atomic E-state index is 4.43. The van der Waals surface area contributed by atoms with Gasteiger partial charge in [-0.2, -0.15) is 0 Å². The average Bonchev–Trinajstić information content (AvgIpc) is 2.85. The third-order valence-electron chi connectivity index (χ3n) is 3.15. The van der Waals surface area contributed by atoms with Crippen LogP contribution in [0.25, 0.3) is 11.0 Å². The van der Waals surface area contributed by atoms with E-state index < -0.39 is 0 Å². The van der Waals surface area contributed by atoms with E-state index in [0.29, 0.717) is 0 Å². The molecule has 18 heavy (non-hydrogen) atoms. The van der Waals surface area contributed by atoms with Crippen molar-refractivity contribution in [3.8, 4) is 0 Å². The van der Waals surface area contributed by atoms with Gasteiger partial charge in [0.15, 0.2) is 0 Å². The second-order valence-electron chi connectivity index (χ2n) is 4.23. The molecule has 1 heterocycles. The predicted molar refractivity (Wildman–Crippen MR) is 74.5 cm³/mol. The topological polar surface area (TPSA) is 17.8 Å². The molecule has 0 fully saturated rings. The lowest BCUT2D eigenvalue weighted by Gasteiger charge is -2.15. The lowest BCUT2D eigenvalue weighted by Crippen LogP contribution is -2.06. The van der Waals surface area contributed by atoms with E-state index in [2.05, 4.69) is 34.3 Å². The van der Waals surface area contributed by atoms with Gasteiger partial charge >= 0.3 is 0 Å². The van der Waals surface area contributed by atoms with E-state index in [-0.39, 0.29) is 6.04 Å². The summed E-state index contributed by atoms with van der Waals surface area (Å²) in [7, 11) is 0. The van der Waals surface area contributed by atoms with Gasteiger partial charge in [-0.3, -0.25) is 0 Å². The van der Waals surface area contributed by atoms with Crippen molar-refractivity contribution >= 4 is 11.0 Å². The maximum Gasteiger partial charge on any atom is 0.0966 e. The zero-order chi connectivity index (χ0) is 12.4. The lowest BCUT2D eigenvalue weighted by atomic mass is 10.1. The molecule has 1 aromatic heterocycles. The third kappa shape index (κ3) is 1.72. The highest BCUT2D eigenvalue weighted by Gasteiger charge is 2.11. The number of hydrogen-bond donors (Lipinski definition) is 0. The molecule has 0 aliphatic heterocycles. The smallest absolute Gasteiger partial charge is 0.0966 e. The van der Waals surface area contributed by atoms with Gasteiger partial charge in [-0.05, 0) is 17.7 Å². The molecular formula is C16H14N2. The number of aromatic nitrogens is 2. The SMILES string of the molecule is C=CC(c1ccccc1)n1cnc2ccccc21. The fraction of sp³-hybridized carbons (Fsp3) is 0.0625. The average molecular weight is 234 g/mol. The number of rotatable bonds is 3. The minimum absolute atomic E-state index is 0.124. The van der Waals surface area contributed by atoms with Gasteiger partial charge in [-0.15, -0.1) is 6.58 Å². The van der Waals surface area contributed by atoms with Crippen molar-refractivity contribution < 1.29 is 0 Å². The van der Waals surface area contributed by atoms with Gasteiger partial charge in [0, 0.05) is 0 Å². The summed E-state index contributed by atoms with van der Waals surface area (Å²) in [6, 6.07) is 18.6. The third-order valence-corrected chi connectivity index (χ3v) is 3.15. The van der Waals surface area contributed by atoms with E-state index in [1.54, 1.807) is 0 Å². The molecule has 0 bridgehead atoms. The van der Waals surface area contributed by atoms with Gasteiger partial charge in [-0.25, -0.2) is 4.98 Å². The van der Waals surface area contributed by atoms with Crippen LogP contribution in [0.15, 0.2) is 73.6 Å². The number of imidazole rings is 1. The van der Waals surface area contributed by atoms with E-state index >= 15 is 0 Å². The normalized spacial score (nSPS) is 12.4. The van der Waals surface area contributed by atoms with Crippen LogP contribution in [-0.2, 0) is 0 Å². The molecule has 3 aromatic rings. The number of benzene rings is 2. The Morgan fingerprint density at radius 2 is 1.72 bits per heavy atom. The van der Waals surface area contributed by atoms with Crippen LogP contribution in [0.2, 0.25) is 0 Å². The molecule has 0 radical (unpaired) electrons. The summed E-state index contributed by atoms with van der Waals surface area (Å²) in [6.45, 7) is 3.95. The van der Waals surface area contributed by atoms with E-state index in [1.165, 1.54) is 5.56 Å². The number of fused-ring (bicyclic) bond motifs is 1. The minimum Gasteiger partial charge on any atom is -0.319 e. The van der Waals surface area contributed by atoms with Crippen LogP contribution in [0.5, 0.6) is 0 Å². The summed E-state index contributed by atoms with van der Waals surface area (Å²) in [5.74, 6) is 0. The fourth-order valence-electron chi connectivity index (χ4n) is 2.26. The van der Waals surface area contributed by atoms with Gasteiger partial charge in [0.2, 0.25) is 0 Å². The van der Waals surface area contributed by atoms with Crippen LogP contribution in [-0.4, -0.2) is 9.55 Å². The highest BCUT2D eigenvalue weighted by molar-refractivity contribution is 5.75. The van der Waals surface area contributed by atoms with Gasteiger partial charge in [0.25, 0.3) is 0 Å². The van der Waals surface area contributed by atoms with Gasteiger partial charge < -0.3 is 4.57 Å². The summed E-state index contributed by atoms with van der Waals surface area (Å²) in [5, 5.41) is 0. The molecule has 88 valence electrons. The van der Waals surface area contributed by atoms with Gasteiger partial charge in [0.1, 0.15) is 0 Å². The molecule has 1 atom stereocenters. The Kier molecular flexibility index (Phi) is 2.69. The Balaban J connectivity index is 2.15. The zero-order valence-corrected chi connectivity index (χ0v) is 10.0. The quantitative estimate of drug-likeness (QED) is 0.630. The van der Waals surface area contributed by atoms with E-state index in [9.17, 15) is 0 Å². The van der Waals surface area contributed by atoms with Crippen LogP contribution < -0.4 is 0 Å². The molecule has 0 spiro atoms. The molecule has 2 nitrogen and oxygen atoms in total. The number of allylic oxidation sites excluding steroid dienone is 1. The van der Waals surface area contributed by atoms with E-state index in [1.807, 2.05) is 48.8 Å². The first-order valence-electron chi connectivity index (χ1n) is 5.99. The van der Waals surface area contributed by atoms with Crippen molar-refractivity contribution in [3.63, 3.8) is 0 Å². The number of hydrogen-bond acceptors (Lipinski definition) is 1. The van der Waals surface area contributed by atoms with Crippen LogP contribution in [0.1, 0.15) is 11.6 Å². The highest BCUT2D eigenvalue weighted by atomic mass is 15.1. The monoisotopic (exact) mass is 234 g/mol. The molecule has 0 N–H and O–H groups in total. The Morgan fingerprint density at radius 1 is 1.00 bits per heavy atom. The van der Waals surface area contributed by atoms with Crippen molar-refractivity contribution in [1.29, 1.82) is 0 Å². The second-order valence-corrected chi connectivity index (χ2v) is 4.23. The van der Waals surface area contributed by atoms with Crippen molar-refractivity contribution in [3.05, 3.63) is 79.1 Å². The Labute approximate surface area is 106 Å². The molecule has 0 aliphatic carbocycles. The Morgan fingerprint density at radius 3 is 2.50 bits per heavy atom. The molecule has 0 saturated carbocycles. The molecule has 2 heteroatoms. The predicted octanol–water partition coefficient (Wildman–Crippen LogP) is 3.81. The summed E-state index contributed by atoms with van der Waals surface area (Å²) >= 11 is 0. The Bertz CT molecular complexity index is 668. The molecular weight excluding hydrogens is 220 g/mol. The lowest BCUT2D eigenvalue weighted by molar-refractivity contribution is 0.722. The Hall–Kier alpha value is -2.35. The maximum atomic E-state index is 4.43. The van der Waals surface area contributed by atoms with Crippen LogP contribution >= 0.6 is 0 Å². The molecule has 2 aromatic carbocycles. The van der Waals surface area contributed by atoms with E-state index in [0.717, 1.165) is 11.0 Å². The first-order chi connectivity index (χ1) is 8.90.